The van der Waals surface area contributed by atoms with Gasteiger partial charge in [0, 0.05) is 16.6 Å². The molecule has 4 aromatic rings. The van der Waals surface area contributed by atoms with Gasteiger partial charge in [-0.2, -0.15) is 0 Å². The highest BCUT2D eigenvalue weighted by Crippen LogP contribution is 2.33. The van der Waals surface area contributed by atoms with E-state index >= 15 is 0 Å². The van der Waals surface area contributed by atoms with E-state index in [1.807, 2.05) is 0 Å². The minimum Gasteiger partial charge on any atom is -0.506 e. The van der Waals surface area contributed by atoms with Crippen molar-refractivity contribution in [1.29, 1.82) is 0 Å². The van der Waals surface area contributed by atoms with Crippen LogP contribution < -0.4 is 5.56 Å². The molecule has 3 heterocycles. The van der Waals surface area contributed by atoms with Gasteiger partial charge < -0.3 is 10.2 Å². The topological polar surface area (TPSA) is 101 Å². The van der Waals surface area contributed by atoms with Crippen molar-refractivity contribution in [1.82, 2.24) is 19.7 Å². The van der Waals surface area contributed by atoms with Gasteiger partial charge in [0.15, 0.2) is 0 Å². The van der Waals surface area contributed by atoms with E-state index in [0.717, 1.165) is 4.68 Å². The Bertz CT molecular complexity index is 1210. The fourth-order valence-electron chi connectivity index (χ4n) is 2.91. The Labute approximate surface area is 152 Å². The van der Waals surface area contributed by atoms with E-state index in [2.05, 4.69) is 15.1 Å². The summed E-state index contributed by atoms with van der Waals surface area (Å²) in [5, 5.41) is 25.6. The molecule has 8 heteroatoms. The monoisotopic (exact) mass is 368 g/mol. The van der Waals surface area contributed by atoms with Crippen molar-refractivity contribution in [3.63, 3.8) is 0 Å². The van der Waals surface area contributed by atoms with E-state index in [1.54, 1.807) is 43.5 Å². The molecule has 26 heavy (non-hydrogen) atoms. The SMILES string of the molecule is C[C@@H](c1ccccn1)n1nc(O)c2nc3cc(Cl)ccc3c(O)c2c1=O. The normalized spacial score (nSPS) is 12.5. The van der Waals surface area contributed by atoms with Crippen molar-refractivity contribution in [2.24, 2.45) is 0 Å². The standard InChI is InChI=1S/C18H13ClN4O3/c1-9(12-4-2-3-7-20-12)23-18(26)14-15(17(25)22-23)21-13-8-10(19)5-6-11(13)16(14)24/h2-9H,1H3,(H,21,24)(H,22,25)/t9-/m0/s1. The molecule has 3 aromatic heterocycles. The highest BCUT2D eigenvalue weighted by molar-refractivity contribution is 6.31. The molecule has 0 fully saturated rings. The molecule has 0 aliphatic heterocycles. The van der Waals surface area contributed by atoms with E-state index in [4.69, 9.17) is 11.6 Å². The van der Waals surface area contributed by atoms with Crippen LogP contribution in [-0.4, -0.2) is 30.0 Å². The van der Waals surface area contributed by atoms with Crippen LogP contribution in [0, 0.1) is 0 Å². The molecule has 0 aliphatic rings. The first-order valence-electron chi connectivity index (χ1n) is 7.82. The maximum atomic E-state index is 13.0. The molecule has 1 aromatic carbocycles. The van der Waals surface area contributed by atoms with Crippen LogP contribution in [-0.2, 0) is 0 Å². The number of hydrogen-bond acceptors (Lipinski definition) is 6. The predicted molar refractivity (Wildman–Crippen MR) is 97.7 cm³/mol. The molecule has 0 saturated heterocycles. The first kappa shape index (κ1) is 16.3. The van der Waals surface area contributed by atoms with E-state index in [0.29, 0.717) is 21.6 Å². The van der Waals surface area contributed by atoms with Gasteiger partial charge in [-0.1, -0.05) is 17.7 Å². The van der Waals surface area contributed by atoms with E-state index in [9.17, 15) is 15.0 Å². The van der Waals surface area contributed by atoms with Crippen LogP contribution in [0.3, 0.4) is 0 Å². The fraction of sp³-hybridized carbons (Fsp3) is 0.111. The molecule has 130 valence electrons. The molecule has 0 bridgehead atoms. The van der Waals surface area contributed by atoms with Gasteiger partial charge in [-0.05, 0) is 37.3 Å². The molecule has 0 saturated carbocycles. The first-order valence-corrected chi connectivity index (χ1v) is 8.20. The van der Waals surface area contributed by atoms with Crippen LogP contribution >= 0.6 is 11.6 Å². The van der Waals surface area contributed by atoms with Crippen molar-refractivity contribution >= 4 is 33.4 Å². The second kappa shape index (κ2) is 5.96. The lowest BCUT2D eigenvalue weighted by Crippen LogP contribution is -2.27. The molecule has 0 aliphatic carbocycles. The lowest BCUT2D eigenvalue weighted by atomic mass is 10.1. The zero-order valence-corrected chi connectivity index (χ0v) is 14.3. The number of rotatable bonds is 2. The van der Waals surface area contributed by atoms with Gasteiger partial charge in [0.25, 0.3) is 11.4 Å². The third-order valence-corrected chi connectivity index (χ3v) is 4.47. The van der Waals surface area contributed by atoms with E-state index in [1.165, 1.54) is 6.07 Å². The molecule has 0 amide bonds. The summed E-state index contributed by atoms with van der Waals surface area (Å²) in [7, 11) is 0. The zero-order chi connectivity index (χ0) is 18.4. The van der Waals surface area contributed by atoms with Crippen LogP contribution in [0.5, 0.6) is 11.6 Å². The number of nitrogens with zero attached hydrogens (tertiary/aromatic N) is 4. The summed E-state index contributed by atoms with van der Waals surface area (Å²) in [4.78, 5) is 21.4. The number of hydrogen-bond donors (Lipinski definition) is 2. The van der Waals surface area contributed by atoms with Crippen LogP contribution in [0.15, 0.2) is 47.4 Å². The molecule has 0 unspecified atom stereocenters. The van der Waals surface area contributed by atoms with E-state index in [-0.39, 0.29) is 16.7 Å². The van der Waals surface area contributed by atoms with Gasteiger partial charge in [0.2, 0.25) is 0 Å². The molecule has 0 spiro atoms. The molecular weight excluding hydrogens is 356 g/mol. The molecular formula is C18H13ClN4O3. The molecule has 2 N–H and O–H groups in total. The number of halogens is 1. The van der Waals surface area contributed by atoms with Crippen LogP contribution in [0.2, 0.25) is 5.02 Å². The summed E-state index contributed by atoms with van der Waals surface area (Å²) in [5.41, 5.74) is 0.305. The third kappa shape index (κ3) is 2.44. The van der Waals surface area contributed by atoms with Gasteiger partial charge >= 0.3 is 0 Å². The predicted octanol–water partition coefficient (Wildman–Crippen LogP) is 3.01. The van der Waals surface area contributed by atoms with Crippen LogP contribution in [0.4, 0.5) is 0 Å². The average Bonchev–Trinajstić information content (AvgIpc) is 2.64. The summed E-state index contributed by atoms with van der Waals surface area (Å²) < 4.78 is 1.09. The Morgan fingerprint density at radius 3 is 2.73 bits per heavy atom. The maximum absolute atomic E-state index is 13.0. The Morgan fingerprint density at radius 2 is 2.00 bits per heavy atom. The minimum atomic E-state index is -0.571. The average molecular weight is 369 g/mol. The summed E-state index contributed by atoms with van der Waals surface area (Å²) in [6.07, 6.45) is 1.61. The number of aromatic nitrogens is 4. The van der Waals surface area contributed by atoms with Gasteiger partial charge in [-0.15, -0.1) is 5.10 Å². The third-order valence-electron chi connectivity index (χ3n) is 4.24. The van der Waals surface area contributed by atoms with Crippen LogP contribution in [0.25, 0.3) is 21.8 Å². The van der Waals surface area contributed by atoms with Crippen molar-refractivity contribution < 1.29 is 10.2 Å². The fourth-order valence-corrected chi connectivity index (χ4v) is 3.07. The number of fused-ring (bicyclic) bond motifs is 2. The number of pyridine rings is 2. The lowest BCUT2D eigenvalue weighted by Gasteiger charge is -2.15. The Morgan fingerprint density at radius 1 is 1.19 bits per heavy atom. The maximum Gasteiger partial charge on any atom is 0.280 e. The highest BCUT2D eigenvalue weighted by atomic mass is 35.5. The molecule has 4 rings (SSSR count). The summed E-state index contributed by atoms with van der Waals surface area (Å²) in [5.74, 6) is -0.731. The van der Waals surface area contributed by atoms with Crippen LogP contribution in [0.1, 0.15) is 18.7 Å². The largest absolute Gasteiger partial charge is 0.506 e. The summed E-state index contributed by atoms with van der Waals surface area (Å²) in [6, 6.07) is 9.46. The van der Waals surface area contributed by atoms with Crippen molar-refractivity contribution in [2.45, 2.75) is 13.0 Å². The van der Waals surface area contributed by atoms with Crippen molar-refractivity contribution in [2.75, 3.05) is 0 Å². The Hall–Kier alpha value is -3.19. The lowest BCUT2D eigenvalue weighted by molar-refractivity contribution is 0.412. The molecule has 1 atom stereocenters. The van der Waals surface area contributed by atoms with Gasteiger partial charge in [0.05, 0.1) is 17.3 Å². The second-order valence-electron chi connectivity index (χ2n) is 5.85. The minimum absolute atomic E-state index is 0.0771. The molecule has 7 nitrogen and oxygen atoms in total. The Balaban J connectivity index is 2.05. The number of benzene rings is 1. The summed E-state index contributed by atoms with van der Waals surface area (Å²) in [6.45, 7) is 1.73. The van der Waals surface area contributed by atoms with Crippen molar-refractivity contribution in [3.05, 3.63) is 63.7 Å². The smallest absolute Gasteiger partial charge is 0.280 e. The highest BCUT2D eigenvalue weighted by Gasteiger charge is 2.21. The van der Waals surface area contributed by atoms with Crippen molar-refractivity contribution in [3.8, 4) is 11.6 Å². The van der Waals surface area contributed by atoms with Gasteiger partial charge in [-0.3, -0.25) is 9.78 Å². The zero-order valence-electron chi connectivity index (χ0n) is 13.6. The summed E-state index contributed by atoms with van der Waals surface area (Å²) >= 11 is 5.96. The quantitative estimate of drug-likeness (QED) is 0.527. The first-order chi connectivity index (χ1) is 12.5. The van der Waals surface area contributed by atoms with Gasteiger partial charge in [0.1, 0.15) is 16.7 Å². The number of aromatic hydroxyl groups is 2. The van der Waals surface area contributed by atoms with E-state index < -0.39 is 17.5 Å². The van der Waals surface area contributed by atoms with Gasteiger partial charge in [-0.25, -0.2) is 9.67 Å². The Kier molecular flexibility index (Phi) is 3.73. The molecule has 0 radical (unpaired) electrons. The second-order valence-corrected chi connectivity index (χ2v) is 6.29.